The second kappa shape index (κ2) is 4.67. The summed E-state index contributed by atoms with van der Waals surface area (Å²) in [6.45, 7) is 2.77. The molecule has 0 saturated carbocycles. The van der Waals surface area contributed by atoms with E-state index in [-0.39, 0.29) is 12.1 Å². The Kier molecular flexibility index (Phi) is 3.23. The van der Waals surface area contributed by atoms with Gasteiger partial charge in [0, 0.05) is 31.3 Å². The zero-order valence-corrected chi connectivity index (χ0v) is 10.0. The van der Waals surface area contributed by atoms with E-state index in [2.05, 4.69) is 9.97 Å². The van der Waals surface area contributed by atoms with Crippen LogP contribution in [0.3, 0.4) is 0 Å². The Morgan fingerprint density at radius 3 is 3.12 bits per heavy atom. The number of hydrogen-bond acceptors (Lipinski definition) is 5. The van der Waals surface area contributed by atoms with Gasteiger partial charge in [0.1, 0.15) is 5.82 Å². The van der Waals surface area contributed by atoms with E-state index in [0.29, 0.717) is 19.5 Å². The van der Waals surface area contributed by atoms with Crippen LogP contribution in [0.25, 0.3) is 0 Å². The van der Waals surface area contributed by atoms with Gasteiger partial charge in [-0.05, 0) is 6.92 Å². The van der Waals surface area contributed by atoms with E-state index in [4.69, 9.17) is 10.5 Å². The number of carbonyl (C=O) groups excluding carboxylic acids is 1. The molecule has 0 radical (unpaired) electrons. The van der Waals surface area contributed by atoms with E-state index in [1.807, 2.05) is 6.92 Å². The molecule has 92 valence electrons. The van der Waals surface area contributed by atoms with Gasteiger partial charge in [-0.2, -0.15) is 0 Å². The Labute approximate surface area is 99.8 Å². The number of aromatic nitrogens is 2. The highest BCUT2D eigenvalue weighted by Gasteiger charge is 2.31. The van der Waals surface area contributed by atoms with Crippen molar-refractivity contribution < 1.29 is 9.53 Å². The number of hydrogen-bond donors (Lipinski definition) is 1. The Morgan fingerprint density at radius 2 is 2.47 bits per heavy atom. The summed E-state index contributed by atoms with van der Waals surface area (Å²) in [6.07, 6.45) is 2.11. The molecule has 0 aliphatic carbocycles. The highest BCUT2D eigenvalue weighted by Crippen LogP contribution is 2.27. The number of fused-ring (bicyclic) bond motifs is 1. The van der Waals surface area contributed by atoms with Crippen LogP contribution in [0, 0.1) is 6.92 Å². The topological polar surface area (TPSA) is 81.3 Å². The summed E-state index contributed by atoms with van der Waals surface area (Å²) in [5.74, 6) is 0.742. The van der Waals surface area contributed by atoms with Gasteiger partial charge in [-0.1, -0.05) is 0 Å². The SMILES string of the molecule is COC(=O)N1CCc2nc(C)ncc2C1CN. The lowest BCUT2D eigenvalue weighted by Gasteiger charge is -2.34. The first-order valence-electron chi connectivity index (χ1n) is 5.54. The van der Waals surface area contributed by atoms with E-state index in [0.717, 1.165) is 17.1 Å². The number of rotatable bonds is 1. The highest BCUT2D eigenvalue weighted by atomic mass is 16.5. The van der Waals surface area contributed by atoms with Crippen LogP contribution < -0.4 is 5.73 Å². The minimum absolute atomic E-state index is 0.188. The fourth-order valence-electron chi connectivity index (χ4n) is 2.14. The van der Waals surface area contributed by atoms with Gasteiger partial charge in [-0.25, -0.2) is 14.8 Å². The normalized spacial score (nSPS) is 18.8. The molecular formula is C11H16N4O2. The lowest BCUT2D eigenvalue weighted by atomic mass is 9.99. The summed E-state index contributed by atoms with van der Waals surface area (Å²) in [6, 6.07) is -0.188. The molecule has 1 amide bonds. The molecule has 0 fully saturated rings. The van der Waals surface area contributed by atoms with E-state index in [1.54, 1.807) is 11.1 Å². The molecule has 1 aliphatic heterocycles. The van der Waals surface area contributed by atoms with Crippen molar-refractivity contribution in [2.75, 3.05) is 20.2 Å². The van der Waals surface area contributed by atoms with E-state index in [1.165, 1.54) is 7.11 Å². The van der Waals surface area contributed by atoms with Crippen molar-refractivity contribution in [2.45, 2.75) is 19.4 Å². The predicted molar refractivity (Wildman–Crippen MR) is 61.4 cm³/mol. The number of carbonyl (C=O) groups is 1. The predicted octanol–water partition coefficient (Wildman–Crippen LogP) is 0.409. The zero-order chi connectivity index (χ0) is 12.4. The average molecular weight is 236 g/mol. The fraction of sp³-hybridized carbons (Fsp3) is 0.545. The monoisotopic (exact) mass is 236 g/mol. The molecule has 2 heterocycles. The first kappa shape index (κ1) is 11.8. The minimum Gasteiger partial charge on any atom is -0.453 e. The summed E-state index contributed by atoms with van der Waals surface area (Å²) in [5.41, 5.74) is 7.64. The van der Waals surface area contributed by atoms with Crippen molar-refractivity contribution in [1.29, 1.82) is 0 Å². The molecule has 2 N–H and O–H groups in total. The van der Waals surface area contributed by atoms with Gasteiger partial charge >= 0.3 is 6.09 Å². The van der Waals surface area contributed by atoms with E-state index >= 15 is 0 Å². The average Bonchev–Trinajstić information content (AvgIpc) is 2.36. The molecule has 1 aromatic heterocycles. The van der Waals surface area contributed by atoms with Crippen LogP contribution >= 0.6 is 0 Å². The van der Waals surface area contributed by atoms with Crippen LogP contribution in [0.5, 0.6) is 0 Å². The van der Waals surface area contributed by atoms with E-state index < -0.39 is 0 Å². The molecular weight excluding hydrogens is 220 g/mol. The van der Waals surface area contributed by atoms with Gasteiger partial charge in [0.05, 0.1) is 18.8 Å². The quantitative estimate of drug-likeness (QED) is 0.763. The molecule has 1 aromatic rings. The molecule has 0 aromatic carbocycles. The van der Waals surface area contributed by atoms with Crippen molar-refractivity contribution >= 4 is 6.09 Å². The summed E-state index contributed by atoms with van der Waals surface area (Å²) < 4.78 is 4.75. The number of ether oxygens (including phenoxy) is 1. The molecule has 1 atom stereocenters. The van der Waals surface area contributed by atoms with Gasteiger partial charge in [0.2, 0.25) is 0 Å². The van der Waals surface area contributed by atoms with Crippen LogP contribution in [-0.4, -0.2) is 41.2 Å². The summed E-state index contributed by atoms with van der Waals surface area (Å²) in [7, 11) is 1.37. The highest BCUT2D eigenvalue weighted by molar-refractivity contribution is 5.68. The maximum Gasteiger partial charge on any atom is 0.410 e. The molecule has 1 aliphatic rings. The van der Waals surface area contributed by atoms with Gasteiger partial charge in [0.15, 0.2) is 0 Å². The van der Waals surface area contributed by atoms with Crippen LogP contribution in [0.2, 0.25) is 0 Å². The maximum absolute atomic E-state index is 11.6. The van der Waals surface area contributed by atoms with Crippen molar-refractivity contribution in [1.82, 2.24) is 14.9 Å². The number of aryl methyl sites for hydroxylation is 1. The maximum atomic E-state index is 11.6. The first-order valence-corrected chi connectivity index (χ1v) is 5.54. The van der Waals surface area contributed by atoms with Gasteiger partial charge in [-0.3, -0.25) is 4.90 Å². The first-order chi connectivity index (χ1) is 8.17. The molecule has 1 unspecified atom stereocenters. The summed E-state index contributed by atoms with van der Waals surface area (Å²) in [5, 5.41) is 0. The summed E-state index contributed by atoms with van der Waals surface area (Å²) >= 11 is 0. The standard InChI is InChI=1S/C11H16N4O2/c1-7-13-6-8-9(14-7)3-4-15(10(8)5-12)11(16)17-2/h6,10H,3-5,12H2,1-2H3. The number of amides is 1. The third kappa shape index (κ3) is 2.08. The van der Waals surface area contributed by atoms with Crippen molar-refractivity contribution in [2.24, 2.45) is 5.73 Å². The van der Waals surface area contributed by atoms with Crippen molar-refractivity contribution in [3.05, 3.63) is 23.3 Å². The molecule has 6 heteroatoms. The second-order valence-electron chi connectivity index (χ2n) is 3.98. The molecule has 2 rings (SSSR count). The number of nitrogens with two attached hydrogens (primary N) is 1. The van der Waals surface area contributed by atoms with Crippen molar-refractivity contribution in [3.8, 4) is 0 Å². The molecule has 0 spiro atoms. The van der Waals surface area contributed by atoms with Crippen LogP contribution in [0.4, 0.5) is 4.79 Å². The largest absolute Gasteiger partial charge is 0.453 e. The smallest absolute Gasteiger partial charge is 0.410 e. The van der Waals surface area contributed by atoms with Crippen LogP contribution in [0.15, 0.2) is 6.20 Å². The fourth-order valence-corrected chi connectivity index (χ4v) is 2.14. The van der Waals surface area contributed by atoms with Gasteiger partial charge < -0.3 is 10.5 Å². The van der Waals surface area contributed by atoms with Gasteiger partial charge in [0.25, 0.3) is 0 Å². The minimum atomic E-state index is -0.355. The summed E-state index contributed by atoms with van der Waals surface area (Å²) in [4.78, 5) is 21.8. The lowest BCUT2D eigenvalue weighted by Crippen LogP contribution is -2.43. The molecule has 0 bridgehead atoms. The second-order valence-corrected chi connectivity index (χ2v) is 3.98. The van der Waals surface area contributed by atoms with Gasteiger partial charge in [-0.15, -0.1) is 0 Å². The van der Waals surface area contributed by atoms with Crippen LogP contribution in [-0.2, 0) is 11.2 Å². The Bertz CT molecular complexity index is 435. The third-order valence-corrected chi connectivity index (χ3v) is 2.98. The number of methoxy groups -OCH3 is 1. The lowest BCUT2D eigenvalue weighted by molar-refractivity contribution is 0.102. The van der Waals surface area contributed by atoms with Crippen LogP contribution in [0.1, 0.15) is 23.1 Å². The van der Waals surface area contributed by atoms with Crippen molar-refractivity contribution in [3.63, 3.8) is 0 Å². The zero-order valence-electron chi connectivity index (χ0n) is 10.0. The van der Waals surface area contributed by atoms with E-state index in [9.17, 15) is 4.79 Å². The Morgan fingerprint density at radius 1 is 1.71 bits per heavy atom. The molecule has 0 saturated heterocycles. The Balaban J connectivity index is 2.36. The number of nitrogens with zero attached hydrogens (tertiary/aromatic N) is 3. The Hall–Kier alpha value is -1.69. The molecule has 17 heavy (non-hydrogen) atoms. The third-order valence-electron chi connectivity index (χ3n) is 2.98. The molecule has 6 nitrogen and oxygen atoms in total.